The van der Waals surface area contributed by atoms with E-state index in [0.717, 1.165) is 4.21 Å². The summed E-state index contributed by atoms with van der Waals surface area (Å²) in [6, 6.07) is 4.01. The van der Waals surface area contributed by atoms with E-state index in [-0.39, 0.29) is 17.8 Å². The van der Waals surface area contributed by atoms with E-state index < -0.39 is 0 Å². The van der Waals surface area contributed by atoms with E-state index in [4.69, 9.17) is 4.74 Å². The Morgan fingerprint density at radius 3 is 2.79 bits per heavy atom. The minimum atomic E-state index is -0.153. The maximum Gasteiger partial charge on any atom is 0.308 e. The third-order valence-corrected chi connectivity index (χ3v) is 5.33. The molecule has 1 aromatic rings. The summed E-state index contributed by atoms with van der Waals surface area (Å²) in [5, 5.41) is 2.01. The van der Waals surface area contributed by atoms with Crippen LogP contribution in [0, 0.1) is 5.92 Å². The van der Waals surface area contributed by atoms with Crippen molar-refractivity contribution < 1.29 is 14.3 Å². The van der Waals surface area contributed by atoms with Crippen LogP contribution in [0.25, 0.3) is 0 Å². The first kappa shape index (κ1) is 14.4. The lowest BCUT2D eigenvalue weighted by Gasteiger charge is -2.30. The van der Waals surface area contributed by atoms with Crippen molar-refractivity contribution in [1.29, 1.82) is 0 Å². The number of thiophene rings is 1. The SMILES string of the molecule is COC(=O)C1CCN(C(=O)CSc2cccs2)CC1. The molecule has 1 fully saturated rings. The standard InChI is InChI=1S/C13H17NO3S2/c1-17-13(16)10-4-6-14(7-5-10)11(15)9-19-12-3-2-8-18-12/h2-3,8,10H,4-7,9H2,1H3. The summed E-state index contributed by atoms with van der Waals surface area (Å²) in [6.45, 7) is 1.31. The average molecular weight is 299 g/mol. The minimum absolute atomic E-state index is 0.0426. The van der Waals surface area contributed by atoms with Gasteiger partial charge in [-0.1, -0.05) is 6.07 Å². The normalized spacial score (nSPS) is 16.4. The molecule has 1 aliphatic heterocycles. The highest BCUT2D eigenvalue weighted by molar-refractivity contribution is 8.01. The highest BCUT2D eigenvalue weighted by atomic mass is 32.2. The first-order valence-corrected chi connectivity index (χ1v) is 8.09. The third kappa shape index (κ3) is 3.98. The molecule has 19 heavy (non-hydrogen) atoms. The fourth-order valence-electron chi connectivity index (χ4n) is 2.10. The predicted molar refractivity (Wildman–Crippen MR) is 76.4 cm³/mol. The molecule has 2 rings (SSSR count). The average Bonchev–Trinajstić information content (AvgIpc) is 2.97. The summed E-state index contributed by atoms with van der Waals surface area (Å²) < 4.78 is 5.90. The van der Waals surface area contributed by atoms with Crippen LogP contribution in [0.2, 0.25) is 0 Å². The number of amides is 1. The number of ether oxygens (including phenoxy) is 1. The summed E-state index contributed by atoms with van der Waals surface area (Å²) in [6.07, 6.45) is 1.42. The van der Waals surface area contributed by atoms with Crippen LogP contribution in [0.4, 0.5) is 0 Å². The van der Waals surface area contributed by atoms with Gasteiger partial charge >= 0.3 is 5.97 Å². The number of hydrogen-bond acceptors (Lipinski definition) is 5. The second-order valence-corrected chi connectivity index (χ2v) is 6.62. The van der Waals surface area contributed by atoms with Crippen molar-refractivity contribution in [3.8, 4) is 0 Å². The van der Waals surface area contributed by atoms with E-state index in [1.54, 1.807) is 23.1 Å². The van der Waals surface area contributed by atoms with Crippen LogP contribution in [0.1, 0.15) is 12.8 Å². The number of thioether (sulfide) groups is 1. The van der Waals surface area contributed by atoms with E-state index in [1.807, 2.05) is 22.4 Å². The molecule has 0 bridgehead atoms. The van der Waals surface area contributed by atoms with E-state index in [0.29, 0.717) is 31.7 Å². The molecule has 4 nitrogen and oxygen atoms in total. The Hall–Kier alpha value is -1.01. The number of piperidine rings is 1. The number of carbonyl (C=O) groups is 2. The van der Waals surface area contributed by atoms with Crippen LogP contribution < -0.4 is 0 Å². The predicted octanol–water partition coefficient (Wildman–Crippen LogP) is 2.25. The van der Waals surface area contributed by atoms with Gasteiger partial charge in [-0.15, -0.1) is 23.1 Å². The molecule has 2 heterocycles. The Labute approximate surface area is 121 Å². The van der Waals surface area contributed by atoms with Gasteiger partial charge in [-0.3, -0.25) is 9.59 Å². The van der Waals surface area contributed by atoms with Gasteiger partial charge in [0.1, 0.15) is 0 Å². The zero-order chi connectivity index (χ0) is 13.7. The largest absolute Gasteiger partial charge is 0.469 e. The van der Waals surface area contributed by atoms with E-state index in [9.17, 15) is 9.59 Å². The molecule has 0 N–H and O–H groups in total. The Morgan fingerprint density at radius 2 is 2.21 bits per heavy atom. The van der Waals surface area contributed by atoms with Crippen molar-refractivity contribution in [2.24, 2.45) is 5.92 Å². The molecule has 1 aliphatic rings. The fourth-order valence-corrected chi connectivity index (χ4v) is 3.79. The molecule has 1 amide bonds. The van der Waals surface area contributed by atoms with Gasteiger partial charge in [0.15, 0.2) is 0 Å². The van der Waals surface area contributed by atoms with Gasteiger partial charge < -0.3 is 9.64 Å². The molecule has 0 aromatic carbocycles. The number of likely N-dealkylation sites (tertiary alicyclic amines) is 1. The zero-order valence-corrected chi connectivity index (χ0v) is 12.5. The first-order chi connectivity index (χ1) is 9.20. The smallest absolute Gasteiger partial charge is 0.308 e. The van der Waals surface area contributed by atoms with Gasteiger partial charge in [-0.05, 0) is 24.3 Å². The number of hydrogen-bond donors (Lipinski definition) is 0. The summed E-state index contributed by atoms with van der Waals surface area (Å²) in [4.78, 5) is 25.3. The molecule has 104 valence electrons. The molecule has 6 heteroatoms. The van der Waals surface area contributed by atoms with Crippen LogP contribution in [-0.2, 0) is 14.3 Å². The molecular weight excluding hydrogens is 282 g/mol. The van der Waals surface area contributed by atoms with Gasteiger partial charge in [-0.2, -0.15) is 0 Å². The molecular formula is C13H17NO3S2. The third-order valence-electron chi connectivity index (χ3n) is 3.22. The van der Waals surface area contributed by atoms with E-state index in [2.05, 4.69) is 0 Å². The van der Waals surface area contributed by atoms with Crippen LogP contribution in [0.5, 0.6) is 0 Å². The number of carbonyl (C=O) groups excluding carboxylic acids is 2. The van der Waals surface area contributed by atoms with Gasteiger partial charge in [-0.25, -0.2) is 0 Å². The van der Waals surface area contributed by atoms with Crippen molar-refractivity contribution in [3.63, 3.8) is 0 Å². The first-order valence-electron chi connectivity index (χ1n) is 6.22. The summed E-state index contributed by atoms with van der Waals surface area (Å²) >= 11 is 3.23. The fraction of sp³-hybridized carbons (Fsp3) is 0.538. The van der Waals surface area contributed by atoms with Crippen LogP contribution in [0.3, 0.4) is 0 Å². The second kappa shape index (κ2) is 6.96. The Morgan fingerprint density at radius 1 is 1.47 bits per heavy atom. The molecule has 0 radical (unpaired) electrons. The zero-order valence-electron chi connectivity index (χ0n) is 10.8. The lowest BCUT2D eigenvalue weighted by Crippen LogP contribution is -2.41. The Balaban J connectivity index is 1.74. The number of methoxy groups -OCH3 is 1. The second-order valence-electron chi connectivity index (χ2n) is 4.40. The van der Waals surface area contributed by atoms with E-state index in [1.165, 1.54) is 7.11 Å². The maximum atomic E-state index is 12.0. The highest BCUT2D eigenvalue weighted by Crippen LogP contribution is 2.25. The lowest BCUT2D eigenvalue weighted by atomic mass is 9.97. The topological polar surface area (TPSA) is 46.6 Å². The van der Waals surface area contributed by atoms with Crippen LogP contribution in [-0.4, -0.2) is 42.7 Å². The summed E-state index contributed by atoms with van der Waals surface area (Å²) in [7, 11) is 1.41. The molecule has 0 spiro atoms. The van der Waals surface area contributed by atoms with Crippen molar-refractivity contribution >= 4 is 35.0 Å². The molecule has 1 saturated heterocycles. The van der Waals surface area contributed by atoms with Crippen LogP contribution >= 0.6 is 23.1 Å². The Kier molecular flexibility index (Phi) is 5.27. The summed E-state index contributed by atoms with van der Waals surface area (Å²) in [5.41, 5.74) is 0. The maximum absolute atomic E-state index is 12.0. The molecule has 0 saturated carbocycles. The quantitative estimate of drug-likeness (QED) is 0.632. The van der Waals surface area contributed by atoms with Crippen molar-refractivity contribution in [2.45, 2.75) is 17.1 Å². The number of esters is 1. The van der Waals surface area contributed by atoms with Gasteiger partial charge in [0.2, 0.25) is 5.91 Å². The summed E-state index contributed by atoms with van der Waals surface area (Å²) in [5.74, 6) is 0.435. The molecule has 0 unspecified atom stereocenters. The number of rotatable bonds is 4. The lowest BCUT2D eigenvalue weighted by molar-refractivity contribution is -0.148. The molecule has 0 atom stereocenters. The molecule has 1 aromatic heterocycles. The van der Waals surface area contributed by atoms with E-state index >= 15 is 0 Å². The van der Waals surface area contributed by atoms with Crippen molar-refractivity contribution in [3.05, 3.63) is 17.5 Å². The van der Waals surface area contributed by atoms with Crippen LogP contribution in [0.15, 0.2) is 21.7 Å². The molecule has 0 aliphatic carbocycles. The van der Waals surface area contributed by atoms with Crippen molar-refractivity contribution in [1.82, 2.24) is 4.90 Å². The monoisotopic (exact) mass is 299 g/mol. The van der Waals surface area contributed by atoms with Gasteiger partial charge in [0.05, 0.1) is 23.0 Å². The highest BCUT2D eigenvalue weighted by Gasteiger charge is 2.27. The van der Waals surface area contributed by atoms with Gasteiger partial charge in [0, 0.05) is 13.1 Å². The van der Waals surface area contributed by atoms with Gasteiger partial charge in [0.25, 0.3) is 0 Å². The number of nitrogens with zero attached hydrogens (tertiary/aromatic N) is 1. The Bertz CT molecular complexity index is 425. The minimum Gasteiger partial charge on any atom is -0.469 e. The van der Waals surface area contributed by atoms with Crippen molar-refractivity contribution in [2.75, 3.05) is 26.0 Å².